The van der Waals surface area contributed by atoms with Gasteiger partial charge in [0.2, 0.25) is 0 Å². The van der Waals surface area contributed by atoms with Crippen LogP contribution < -0.4 is 5.32 Å². The molecule has 3 heteroatoms. The predicted octanol–water partition coefficient (Wildman–Crippen LogP) is 3.35. The van der Waals surface area contributed by atoms with Crippen LogP contribution in [0, 0.1) is 0 Å². The van der Waals surface area contributed by atoms with Crippen LogP contribution in [0.5, 0.6) is 0 Å². The standard InChI is InChI=1S/C13H23NOSi/c1-5-16(15,6-2)11(3)12-9-7-8-10-13(12)14-4/h7-11,14-15H,5-6H2,1-4H3. The van der Waals surface area contributed by atoms with Crippen LogP contribution >= 0.6 is 0 Å². The lowest BCUT2D eigenvalue weighted by Gasteiger charge is -2.30. The predicted molar refractivity (Wildman–Crippen MR) is 73.3 cm³/mol. The highest BCUT2D eigenvalue weighted by molar-refractivity contribution is 6.73. The Morgan fingerprint density at radius 2 is 1.81 bits per heavy atom. The molecule has 1 aromatic carbocycles. The average Bonchev–Trinajstić information content (AvgIpc) is 2.36. The summed E-state index contributed by atoms with van der Waals surface area (Å²) >= 11 is 0. The Morgan fingerprint density at radius 1 is 1.25 bits per heavy atom. The van der Waals surface area contributed by atoms with Crippen molar-refractivity contribution in [1.29, 1.82) is 0 Å². The van der Waals surface area contributed by atoms with E-state index in [4.69, 9.17) is 0 Å². The normalized spacial score (nSPS) is 13.6. The number of para-hydroxylation sites is 1. The zero-order valence-electron chi connectivity index (χ0n) is 10.7. The molecular weight excluding hydrogens is 214 g/mol. The van der Waals surface area contributed by atoms with Crippen molar-refractivity contribution in [3.63, 3.8) is 0 Å². The monoisotopic (exact) mass is 237 g/mol. The van der Waals surface area contributed by atoms with Crippen molar-refractivity contribution in [2.45, 2.75) is 38.4 Å². The van der Waals surface area contributed by atoms with Crippen LogP contribution in [0.4, 0.5) is 5.69 Å². The second-order valence-electron chi connectivity index (χ2n) is 4.37. The first-order valence-corrected chi connectivity index (χ1v) is 8.52. The highest BCUT2D eigenvalue weighted by Crippen LogP contribution is 2.34. The van der Waals surface area contributed by atoms with E-state index >= 15 is 0 Å². The quantitative estimate of drug-likeness (QED) is 0.770. The van der Waals surface area contributed by atoms with Crippen molar-refractivity contribution in [3.05, 3.63) is 29.8 Å². The molecule has 16 heavy (non-hydrogen) atoms. The van der Waals surface area contributed by atoms with E-state index in [-0.39, 0.29) is 5.54 Å². The fraction of sp³-hybridized carbons (Fsp3) is 0.538. The summed E-state index contributed by atoms with van der Waals surface area (Å²) in [6.45, 7) is 6.37. The number of anilines is 1. The van der Waals surface area contributed by atoms with Gasteiger partial charge in [0.1, 0.15) is 0 Å². The number of hydrogen-bond acceptors (Lipinski definition) is 2. The van der Waals surface area contributed by atoms with E-state index in [0.717, 1.165) is 17.8 Å². The molecule has 0 radical (unpaired) electrons. The fourth-order valence-corrected chi connectivity index (χ4v) is 4.81. The SMILES string of the molecule is CC[Si](O)(CC)C(C)c1ccccc1NC. The lowest BCUT2D eigenvalue weighted by molar-refractivity contribution is 0.512. The summed E-state index contributed by atoms with van der Waals surface area (Å²) in [7, 11) is -0.195. The first kappa shape index (κ1) is 13.3. The molecule has 0 aliphatic carbocycles. The number of nitrogens with one attached hydrogen (secondary N) is 1. The molecule has 0 aliphatic heterocycles. The number of hydrogen-bond donors (Lipinski definition) is 2. The lowest BCUT2D eigenvalue weighted by atomic mass is 10.1. The molecule has 90 valence electrons. The topological polar surface area (TPSA) is 32.3 Å². The average molecular weight is 237 g/mol. The minimum Gasteiger partial charge on any atom is -0.431 e. The third-order valence-corrected chi connectivity index (χ3v) is 8.10. The van der Waals surface area contributed by atoms with Crippen molar-refractivity contribution < 1.29 is 4.80 Å². The molecule has 1 rings (SSSR count). The molecule has 0 bridgehead atoms. The van der Waals surface area contributed by atoms with Crippen LogP contribution in [-0.2, 0) is 0 Å². The molecule has 0 saturated heterocycles. The third-order valence-electron chi connectivity index (χ3n) is 3.73. The maximum absolute atomic E-state index is 10.7. The molecule has 1 aromatic rings. The molecule has 2 N–H and O–H groups in total. The van der Waals surface area contributed by atoms with Crippen LogP contribution in [0.2, 0.25) is 12.1 Å². The van der Waals surface area contributed by atoms with E-state index in [2.05, 4.69) is 38.2 Å². The summed E-state index contributed by atoms with van der Waals surface area (Å²) in [5.41, 5.74) is 2.68. The van der Waals surface area contributed by atoms with E-state index in [1.54, 1.807) is 0 Å². The first-order valence-electron chi connectivity index (χ1n) is 6.08. The molecule has 2 nitrogen and oxygen atoms in total. The van der Waals surface area contributed by atoms with Crippen molar-refractivity contribution in [1.82, 2.24) is 0 Å². The Bertz CT molecular complexity index is 336. The van der Waals surface area contributed by atoms with Crippen LogP contribution in [-0.4, -0.2) is 20.2 Å². The van der Waals surface area contributed by atoms with Gasteiger partial charge in [0.05, 0.1) is 0 Å². The molecule has 0 saturated carbocycles. The summed E-state index contributed by atoms with van der Waals surface area (Å²) in [5, 5.41) is 3.21. The van der Waals surface area contributed by atoms with Gasteiger partial charge in [-0.15, -0.1) is 0 Å². The molecule has 0 fully saturated rings. The van der Waals surface area contributed by atoms with E-state index in [1.807, 2.05) is 19.2 Å². The Balaban J connectivity index is 3.08. The van der Waals surface area contributed by atoms with Crippen LogP contribution in [0.15, 0.2) is 24.3 Å². The fourth-order valence-electron chi connectivity index (χ4n) is 2.25. The second kappa shape index (κ2) is 5.50. The zero-order valence-corrected chi connectivity index (χ0v) is 11.7. The maximum Gasteiger partial charge on any atom is 0.195 e. The Labute approximate surface area is 99.8 Å². The molecule has 0 amide bonds. The van der Waals surface area contributed by atoms with E-state index in [0.29, 0.717) is 0 Å². The van der Waals surface area contributed by atoms with Crippen molar-refractivity contribution in [3.8, 4) is 0 Å². The van der Waals surface area contributed by atoms with Crippen molar-refractivity contribution in [2.24, 2.45) is 0 Å². The summed E-state index contributed by atoms with van der Waals surface area (Å²) in [4.78, 5) is 10.7. The molecule has 0 aromatic heterocycles. The molecule has 0 aliphatic rings. The molecule has 0 spiro atoms. The van der Waals surface area contributed by atoms with Gasteiger partial charge in [0.25, 0.3) is 0 Å². The molecule has 1 unspecified atom stereocenters. The number of rotatable bonds is 5. The highest BCUT2D eigenvalue weighted by atomic mass is 28.4. The van der Waals surface area contributed by atoms with Gasteiger partial charge < -0.3 is 10.1 Å². The van der Waals surface area contributed by atoms with E-state index in [9.17, 15) is 4.80 Å². The van der Waals surface area contributed by atoms with E-state index < -0.39 is 8.32 Å². The van der Waals surface area contributed by atoms with Gasteiger partial charge >= 0.3 is 0 Å². The van der Waals surface area contributed by atoms with Crippen molar-refractivity contribution >= 4 is 14.0 Å². The van der Waals surface area contributed by atoms with Gasteiger partial charge in [-0.05, 0) is 23.7 Å². The Kier molecular flexibility index (Phi) is 4.56. The van der Waals surface area contributed by atoms with Gasteiger partial charge in [-0.3, -0.25) is 0 Å². The van der Waals surface area contributed by atoms with Gasteiger partial charge in [0, 0.05) is 18.3 Å². The minimum atomic E-state index is -2.13. The van der Waals surface area contributed by atoms with Gasteiger partial charge in [-0.2, -0.15) is 0 Å². The Hall–Kier alpha value is -0.803. The Morgan fingerprint density at radius 3 is 2.31 bits per heavy atom. The zero-order chi connectivity index (χ0) is 12.2. The smallest absolute Gasteiger partial charge is 0.195 e. The third kappa shape index (κ3) is 2.47. The van der Waals surface area contributed by atoms with E-state index in [1.165, 1.54) is 5.56 Å². The summed E-state index contributed by atoms with van der Waals surface area (Å²) in [6.07, 6.45) is 0. The van der Waals surface area contributed by atoms with Crippen LogP contribution in [0.1, 0.15) is 31.9 Å². The maximum atomic E-state index is 10.7. The molecular formula is C13H23NOSi. The largest absolute Gasteiger partial charge is 0.431 e. The minimum absolute atomic E-state index is 0.283. The first-order chi connectivity index (χ1) is 7.59. The van der Waals surface area contributed by atoms with Crippen LogP contribution in [0.25, 0.3) is 0 Å². The molecule has 0 heterocycles. The van der Waals surface area contributed by atoms with Gasteiger partial charge in [-0.1, -0.05) is 39.0 Å². The second-order valence-corrected chi connectivity index (χ2v) is 8.86. The van der Waals surface area contributed by atoms with Crippen molar-refractivity contribution in [2.75, 3.05) is 12.4 Å². The summed E-state index contributed by atoms with van der Waals surface area (Å²) < 4.78 is 0. The highest BCUT2D eigenvalue weighted by Gasteiger charge is 2.35. The lowest BCUT2D eigenvalue weighted by Crippen LogP contribution is -2.39. The summed E-state index contributed by atoms with van der Waals surface area (Å²) in [6, 6.07) is 10.1. The summed E-state index contributed by atoms with van der Waals surface area (Å²) in [5.74, 6) is 0. The number of benzene rings is 1. The molecule has 1 atom stereocenters. The van der Waals surface area contributed by atoms with Crippen LogP contribution in [0.3, 0.4) is 0 Å². The van der Waals surface area contributed by atoms with Gasteiger partial charge in [0.15, 0.2) is 8.32 Å². The van der Waals surface area contributed by atoms with Gasteiger partial charge in [-0.25, -0.2) is 0 Å².